The number of hydrogen-bond acceptors (Lipinski definition) is 3. The van der Waals surface area contributed by atoms with E-state index in [-0.39, 0.29) is 12.5 Å². The number of carboxylic acids is 1. The molecule has 1 N–H and O–H groups in total. The van der Waals surface area contributed by atoms with Crippen molar-refractivity contribution < 1.29 is 19.1 Å². The summed E-state index contributed by atoms with van der Waals surface area (Å²) >= 11 is 0. The predicted molar refractivity (Wildman–Crippen MR) is 71.3 cm³/mol. The van der Waals surface area contributed by atoms with E-state index in [2.05, 4.69) is 0 Å². The van der Waals surface area contributed by atoms with Crippen molar-refractivity contribution in [2.45, 2.75) is 34.6 Å². The number of aliphatic carboxylic acids is 1. The highest BCUT2D eigenvalue weighted by molar-refractivity contribution is 5.97. The molecule has 1 rings (SSSR count). The SMILES string of the molecule is CCN(CC(C)C(=O)O)C(=O)c1c(C)oc(C)c1C. The number of amides is 1. The Morgan fingerprint density at radius 2 is 1.84 bits per heavy atom. The normalized spacial score (nSPS) is 12.3. The van der Waals surface area contributed by atoms with Gasteiger partial charge in [-0.3, -0.25) is 9.59 Å². The van der Waals surface area contributed by atoms with E-state index < -0.39 is 11.9 Å². The lowest BCUT2D eigenvalue weighted by Gasteiger charge is -2.23. The van der Waals surface area contributed by atoms with Gasteiger partial charge in [0.1, 0.15) is 11.5 Å². The standard InChI is InChI=1S/C14H21NO4/c1-6-15(7-8(2)14(17)18)13(16)12-9(3)10(4)19-11(12)5/h8H,6-7H2,1-5H3,(H,17,18). The van der Waals surface area contributed by atoms with Gasteiger partial charge in [0.25, 0.3) is 5.91 Å². The molecule has 1 aromatic heterocycles. The third-order valence-electron chi connectivity index (χ3n) is 3.36. The third-order valence-corrected chi connectivity index (χ3v) is 3.36. The zero-order chi connectivity index (χ0) is 14.7. The summed E-state index contributed by atoms with van der Waals surface area (Å²) in [7, 11) is 0. The number of aryl methyl sites for hydroxylation is 2. The molecule has 1 atom stereocenters. The molecule has 0 spiro atoms. The van der Waals surface area contributed by atoms with Crippen molar-refractivity contribution in [1.82, 2.24) is 4.90 Å². The van der Waals surface area contributed by atoms with Crippen molar-refractivity contribution in [2.75, 3.05) is 13.1 Å². The summed E-state index contributed by atoms with van der Waals surface area (Å²) in [4.78, 5) is 24.9. The van der Waals surface area contributed by atoms with E-state index in [4.69, 9.17) is 9.52 Å². The summed E-state index contributed by atoms with van der Waals surface area (Å²) in [5.41, 5.74) is 1.38. The zero-order valence-electron chi connectivity index (χ0n) is 12.1. The maximum Gasteiger partial charge on any atom is 0.308 e. The summed E-state index contributed by atoms with van der Waals surface area (Å²) < 4.78 is 5.45. The quantitative estimate of drug-likeness (QED) is 0.889. The second-order valence-electron chi connectivity index (χ2n) is 4.80. The van der Waals surface area contributed by atoms with Crippen molar-refractivity contribution in [3.05, 3.63) is 22.6 Å². The van der Waals surface area contributed by atoms with Crippen molar-refractivity contribution in [2.24, 2.45) is 5.92 Å². The molecule has 0 saturated heterocycles. The zero-order valence-corrected chi connectivity index (χ0v) is 12.1. The molecule has 0 radical (unpaired) electrons. The molecule has 0 aromatic carbocycles. The van der Waals surface area contributed by atoms with Crippen molar-refractivity contribution >= 4 is 11.9 Å². The second-order valence-corrected chi connectivity index (χ2v) is 4.80. The van der Waals surface area contributed by atoms with Gasteiger partial charge >= 0.3 is 5.97 Å². The molecule has 1 heterocycles. The summed E-state index contributed by atoms with van der Waals surface area (Å²) in [6.45, 7) is 9.51. The largest absolute Gasteiger partial charge is 0.481 e. The van der Waals surface area contributed by atoms with E-state index in [1.807, 2.05) is 20.8 Å². The summed E-state index contributed by atoms with van der Waals surface area (Å²) in [6.07, 6.45) is 0. The highest BCUT2D eigenvalue weighted by Gasteiger charge is 2.25. The topological polar surface area (TPSA) is 70.8 Å². The van der Waals surface area contributed by atoms with Gasteiger partial charge in [0.2, 0.25) is 0 Å². The van der Waals surface area contributed by atoms with Crippen LogP contribution in [0.1, 0.15) is 41.3 Å². The maximum atomic E-state index is 12.5. The molecular formula is C14H21NO4. The lowest BCUT2D eigenvalue weighted by Crippen LogP contribution is -2.37. The molecular weight excluding hydrogens is 246 g/mol. The lowest BCUT2D eigenvalue weighted by atomic mass is 10.1. The molecule has 0 aliphatic heterocycles. The van der Waals surface area contributed by atoms with Gasteiger partial charge in [0.15, 0.2) is 0 Å². The van der Waals surface area contributed by atoms with Crippen LogP contribution in [0.15, 0.2) is 4.42 Å². The summed E-state index contributed by atoms with van der Waals surface area (Å²) in [6, 6.07) is 0. The van der Waals surface area contributed by atoms with Crippen LogP contribution in [0.3, 0.4) is 0 Å². The molecule has 0 aliphatic rings. The predicted octanol–water partition coefficient (Wildman–Crippen LogP) is 2.39. The minimum absolute atomic E-state index is 0.164. The van der Waals surface area contributed by atoms with Crippen molar-refractivity contribution in [3.8, 4) is 0 Å². The van der Waals surface area contributed by atoms with Crippen LogP contribution in [0.2, 0.25) is 0 Å². The summed E-state index contributed by atoms with van der Waals surface area (Å²) in [5, 5.41) is 8.94. The Hall–Kier alpha value is -1.78. The van der Waals surface area contributed by atoms with E-state index in [0.717, 1.165) is 11.3 Å². The molecule has 5 nitrogen and oxygen atoms in total. The first kappa shape index (κ1) is 15.3. The Morgan fingerprint density at radius 1 is 1.26 bits per heavy atom. The Balaban J connectivity index is 2.99. The Labute approximate surface area is 113 Å². The fourth-order valence-corrected chi connectivity index (χ4v) is 2.03. The van der Waals surface area contributed by atoms with Crippen molar-refractivity contribution in [3.63, 3.8) is 0 Å². The molecule has 0 bridgehead atoms. The van der Waals surface area contributed by atoms with Gasteiger partial charge in [0.05, 0.1) is 11.5 Å². The number of carbonyl (C=O) groups is 2. The minimum Gasteiger partial charge on any atom is -0.481 e. The van der Waals surface area contributed by atoms with Crippen LogP contribution in [-0.2, 0) is 4.79 Å². The van der Waals surface area contributed by atoms with Gasteiger partial charge in [-0.15, -0.1) is 0 Å². The Bertz CT molecular complexity index is 490. The van der Waals surface area contributed by atoms with E-state index in [1.54, 1.807) is 18.7 Å². The van der Waals surface area contributed by atoms with E-state index in [0.29, 0.717) is 17.9 Å². The Kier molecular flexibility index (Phi) is 4.75. The molecule has 106 valence electrons. The first-order valence-corrected chi connectivity index (χ1v) is 6.38. The van der Waals surface area contributed by atoms with Gasteiger partial charge in [-0.2, -0.15) is 0 Å². The van der Waals surface area contributed by atoms with Gasteiger partial charge in [0, 0.05) is 18.7 Å². The molecule has 1 unspecified atom stereocenters. The lowest BCUT2D eigenvalue weighted by molar-refractivity contribution is -0.141. The van der Waals surface area contributed by atoms with Crippen LogP contribution < -0.4 is 0 Å². The third kappa shape index (κ3) is 3.16. The monoisotopic (exact) mass is 267 g/mol. The van der Waals surface area contributed by atoms with Crippen LogP contribution in [0.4, 0.5) is 0 Å². The Morgan fingerprint density at radius 3 is 2.21 bits per heavy atom. The van der Waals surface area contributed by atoms with Crippen LogP contribution >= 0.6 is 0 Å². The molecule has 19 heavy (non-hydrogen) atoms. The highest BCUT2D eigenvalue weighted by Crippen LogP contribution is 2.22. The van der Waals surface area contributed by atoms with E-state index in [9.17, 15) is 9.59 Å². The molecule has 0 saturated carbocycles. The maximum absolute atomic E-state index is 12.5. The van der Waals surface area contributed by atoms with Crippen LogP contribution in [0.5, 0.6) is 0 Å². The average Bonchev–Trinajstić information content (AvgIpc) is 2.59. The molecule has 0 fully saturated rings. The minimum atomic E-state index is -0.900. The molecule has 0 aliphatic carbocycles. The first-order valence-electron chi connectivity index (χ1n) is 6.38. The average molecular weight is 267 g/mol. The molecule has 5 heteroatoms. The molecule has 1 amide bonds. The van der Waals surface area contributed by atoms with Crippen LogP contribution in [0, 0.1) is 26.7 Å². The van der Waals surface area contributed by atoms with Gasteiger partial charge in [-0.1, -0.05) is 6.92 Å². The smallest absolute Gasteiger partial charge is 0.308 e. The summed E-state index contributed by atoms with van der Waals surface area (Å²) in [5.74, 6) is -0.340. The number of nitrogens with zero attached hydrogens (tertiary/aromatic N) is 1. The molecule has 1 aromatic rings. The van der Waals surface area contributed by atoms with E-state index in [1.165, 1.54) is 0 Å². The number of carbonyl (C=O) groups excluding carboxylic acids is 1. The first-order chi connectivity index (χ1) is 8.79. The number of carboxylic acid groups (broad SMARTS) is 1. The number of hydrogen-bond donors (Lipinski definition) is 1. The number of rotatable bonds is 5. The van der Waals surface area contributed by atoms with Crippen LogP contribution in [-0.4, -0.2) is 35.0 Å². The van der Waals surface area contributed by atoms with Gasteiger partial charge in [-0.05, 0) is 27.7 Å². The van der Waals surface area contributed by atoms with Gasteiger partial charge in [-0.25, -0.2) is 0 Å². The number of furan rings is 1. The van der Waals surface area contributed by atoms with Gasteiger partial charge < -0.3 is 14.4 Å². The second kappa shape index (κ2) is 5.91. The fraction of sp³-hybridized carbons (Fsp3) is 0.571. The highest BCUT2D eigenvalue weighted by atomic mass is 16.4. The van der Waals surface area contributed by atoms with Crippen LogP contribution in [0.25, 0.3) is 0 Å². The fourth-order valence-electron chi connectivity index (χ4n) is 2.03. The van der Waals surface area contributed by atoms with E-state index >= 15 is 0 Å². The van der Waals surface area contributed by atoms with Crippen molar-refractivity contribution in [1.29, 1.82) is 0 Å².